The zero-order valence-electron chi connectivity index (χ0n) is 14.7. The molecule has 0 aromatic carbocycles. The average molecular weight is 402 g/mol. The monoisotopic (exact) mass is 401 g/mol. The summed E-state index contributed by atoms with van der Waals surface area (Å²) in [7, 11) is 0. The van der Waals surface area contributed by atoms with Crippen molar-refractivity contribution in [3.05, 3.63) is 47.5 Å². The summed E-state index contributed by atoms with van der Waals surface area (Å²) in [6.45, 7) is 4.33. The fourth-order valence-electron chi connectivity index (χ4n) is 3.26. The number of halogens is 1. The van der Waals surface area contributed by atoms with Gasteiger partial charge >= 0.3 is 0 Å². The van der Waals surface area contributed by atoms with Crippen LogP contribution in [0.1, 0.15) is 12.1 Å². The predicted octanol–water partition coefficient (Wildman–Crippen LogP) is 2.35. The molecule has 0 aliphatic carbocycles. The van der Waals surface area contributed by atoms with E-state index in [2.05, 4.69) is 35.6 Å². The number of aromatic nitrogens is 2. The Morgan fingerprint density at radius 3 is 2.78 bits per heavy atom. The number of hydrogen-bond donors (Lipinski definition) is 2. The largest absolute Gasteiger partial charge is 0.383 e. The first-order chi connectivity index (χ1) is 13.2. The van der Waals surface area contributed by atoms with Gasteiger partial charge in [0.25, 0.3) is 0 Å². The molecule has 27 heavy (non-hydrogen) atoms. The van der Waals surface area contributed by atoms with Crippen molar-refractivity contribution < 1.29 is 0 Å². The number of nitrogens with zero attached hydrogens (tertiary/aromatic N) is 5. The van der Waals surface area contributed by atoms with Gasteiger partial charge < -0.3 is 15.1 Å². The second-order valence-corrected chi connectivity index (χ2v) is 7.20. The number of thiocarbonyl (C=S) groups is 1. The highest BCUT2D eigenvalue weighted by atomic mass is 35.5. The van der Waals surface area contributed by atoms with E-state index in [1.807, 2.05) is 30.6 Å². The van der Waals surface area contributed by atoms with Crippen LogP contribution >= 0.6 is 23.8 Å². The Morgan fingerprint density at radius 2 is 2.00 bits per heavy atom. The van der Waals surface area contributed by atoms with Gasteiger partial charge in [0.2, 0.25) is 0 Å². The molecule has 2 aliphatic heterocycles. The van der Waals surface area contributed by atoms with Gasteiger partial charge in [0.1, 0.15) is 5.69 Å². The van der Waals surface area contributed by atoms with Gasteiger partial charge in [-0.15, -0.1) is 0 Å². The number of rotatable bonds is 2. The minimum Gasteiger partial charge on any atom is -0.383 e. The van der Waals surface area contributed by atoms with Crippen LogP contribution in [0.3, 0.4) is 0 Å². The minimum atomic E-state index is 0.609. The van der Waals surface area contributed by atoms with Crippen LogP contribution in [0, 0.1) is 0 Å². The van der Waals surface area contributed by atoms with E-state index in [4.69, 9.17) is 23.8 Å². The van der Waals surface area contributed by atoms with Gasteiger partial charge in [-0.05, 0) is 30.4 Å². The molecule has 0 unspecified atom stereocenters. The van der Waals surface area contributed by atoms with Crippen molar-refractivity contribution in [1.82, 2.24) is 20.3 Å². The Balaban J connectivity index is 1.36. The first-order valence-electron chi connectivity index (χ1n) is 8.87. The van der Waals surface area contributed by atoms with Crippen LogP contribution in [0.5, 0.6) is 0 Å². The van der Waals surface area contributed by atoms with Crippen LogP contribution in [0.2, 0.25) is 5.02 Å². The molecular formula is C18H20ClN7S. The molecule has 2 aliphatic rings. The van der Waals surface area contributed by atoms with Gasteiger partial charge in [-0.3, -0.25) is 15.4 Å². The molecule has 1 saturated heterocycles. The van der Waals surface area contributed by atoms with Crippen molar-refractivity contribution in [3.63, 3.8) is 0 Å². The summed E-state index contributed by atoms with van der Waals surface area (Å²) in [4.78, 5) is 13.0. The van der Waals surface area contributed by atoms with E-state index in [1.165, 1.54) is 5.69 Å². The molecule has 9 heteroatoms. The van der Waals surface area contributed by atoms with Gasteiger partial charge in [-0.1, -0.05) is 11.6 Å². The SMILES string of the molecule is S=C(N/N=C1/CCNc2cc(Cl)cnc21)N1CCN(c2ccncc2)CC1. The Bertz CT molecular complexity index is 850. The Hall–Kier alpha value is -2.45. The zero-order chi connectivity index (χ0) is 18.6. The average Bonchev–Trinajstić information content (AvgIpc) is 2.72. The van der Waals surface area contributed by atoms with Crippen LogP contribution in [0.15, 0.2) is 41.9 Å². The van der Waals surface area contributed by atoms with E-state index >= 15 is 0 Å². The highest BCUT2D eigenvalue weighted by molar-refractivity contribution is 7.80. The summed E-state index contributed by atoms with van der Waals surface area (Å²) in [5, 5.41) is 9.07. The number of piperazine rings is 1. The third-order valence-electron chi connectivity index (χ3n) is 4.69. The van der Waals surface area contributed by atoms with Crippen LogP contribution in [-0.2, 0) is 0 Å². The van der Waals surface area contributed by atoms with Crippen molar-refractivity contribution in [3.8, 4) is 0 Å². The number of fused-ring (bicyclic) bond motifs is 1. The lowest BCUT2D eigenvalue weighted by molar-refractivity contribution is 0.381. The Kier molecular flexibility index (Phi) is 5.35. The summed E-state index contributed by atoms with van der Waals surface area (Å²) in [6, 6.07) is 5.94. The first-order valence-corrected chi connectivity index (χ1v) is 9.65. The van der Waals surface area contributed by atoms with Crippen LogP contribution in [-0.4, -0.2) is 58.4 Å². The summed E-state index contributed by atoms with van der Waals surface area (Å²) in [5.41, 5.74) is 6.86. The fraction of sp³-hybridized carbons (Fsp3) is 0.333. The molecular weight excluding hydrogens is 382 g/mol. The summed E-state index contributed by atoms with van der Waals surface area (Å²) in [5.74, 6) is 0. The first kappa shape index (κ1) is 17.9. The van der Waals surface area contributed by atoms with Gasteiger partial charge in [-0.25, -0.2) is 0 Å². The van der Waals surface area contributed by atoms with Gasteiger partial charge in [0, 0.05) is 63.4 Å². The molecule has 140 valence electrons. The number of nitrogens with one attached hydrogen (secondary N) is 2. The number of pyridine rings is 2. The maximum absolute atomic E-state index is 6.02. The van der Waals surface area contributed by atoms with Crippen molar-refractivity contribution in [2.75, 3.05) is 42.9 Å². The number of hydrazone groups is 1. The summed E-state index contributed by atoms with van der Waals surface area (Å²) in [6.07, 6.45) is 6.07. The molecule has 2 aromatic rings. The molecule has 4 rings (SSSR count). The van der Waals surface area contributed by atoms with Crippen LogP contribution in [0.25, 0.3) is 0 Å². The number of hydrogen-bond acceptors (Lipinski definition) is 6. The lowest BCUT2D eigenvalue weighted by Crippen LogP contribution is -2.51. The van der Waals surface area contributed by atoms with E-state index in [-0.39, 0.29) is 0 Å². The van der Waals surface area contributed by atoms with E-state index < -0.39 is 0 Å². The molecule has 0 radical (unpaired) electrons. The molecule has 7 nitrogen and oxygen atoms in total. The second kappa shape index (κ2) is 8.06. The quantitative estimate of drug-likeness (QED) is 0.591. The van der Waals surface area contributed by atoms with E-state index in [9.17, 15) is 0 Å². The standard InChI is InChI=1S/C18H20ClN7S/c19-13-11-16-17(22-12-13)15(3-6-21-16)23-24-18(27)26-9-7-25(8-10-26)14-1-4-20-5-2-14/h1-2,4-5,11-12,21H,3,6-10H2,(H,24,27)/b23-15-. The van der Waals surface area contributed by atoms with E-state index in [1.54, 1.807) is 6.20 Å². The highest BCUT2D eigenvalue weighted by Crippen LogP contribution is 2.23. The molecule has 0 saturated carbocycles. The van der Waals surface area contributed by atoms with Crippen molar-refractivity contribution in [1.29, 1.82) is 0 Å². The zero-order valence-corrected chi connectivity index (χ0v) is 16.3. The second-order valence-electron chi connectivity index (χ2n) is 6.38. The van der Waals surface area contributed by atoms with Crippen molar-refractivity contribution in [2.45, 2.75) is 6.42 Å². The lowest BCUT2D eigenvalue weighted by Gasteiger charge is -2.37. The highest BCUT2D eigenvalue weighted by Gasteiger charge is 2.20. The third kappa shape index (κ3) is 4.12. The van der Waals surface area contributed by atoms with Crippen molar-refractivity contribution in [2.24, 2.45) is 5.10 Å². The molecule has 1 fully saturated rings. The topological polar surface area (TPSA) is 68.7 Å². The van der Waals surface area contributed by atoms with Crippen molar-refractivity contribution >= 4 is 46.0 Å². The minimum absolute atomic E-state index is 0.609. The molecule has 4 heterocycles. The maximum Gasteiger partial charge on any atom is 0.189 e. The lowest BCUT2D eigenvalue weighted by atomic mass is 10.1. The van der Waals surface area contributed by atoms with Gasteiger partial charge in [-0.2, -0.15) is 5.10 Å². The summed E-state index contributed by atoms with van der Waals surface area (Å²) < 4.78 is 0. The molecule has 0 amide bonds. The smallest absolute Gasteiger partial charge is 0.189 e. The van der Waals surface area contributed by atoms with E-state index in [0.717, 1.165) is 56.2 Å². The molecule has 2 aromatic heterocycles. The molecule has 2 N–H and O–H groups in total. The van der Waals surface area contributed by atoms with Gasteiger partial charge in [0.05, 0.1) is 16.4 Å². The maximum atomic E-state index is 6.02. The third-order valence-corrected chi connectivity index (χ3v) is 5.24. The molecule has 0 atom stereocenters. The Morgan fingerprint density at radius 1 is 1.22 bits per heavy atom. The fourth-order valence-corrected chi connectivity index (χ4v) is 3.64. The normalized spacial score (nSPS) is 18.0. The van der Waals surface area contributed by atoms with Crippen LogP contribution < -0.4 is 15.6 Å². The summed E-state index contributed by atoms with van der Waals surface area (Å²) >= 11 is 11.6. The Labute approximate surface area is 168 Å². The number of anilines is 2. The van der Waals surface area contributed by atoms with Crippen LogP contribution in [0.4, 0.5) is 11.4 Å². The van der Waals surface area contributed by atoms with E-state index in [0.29, 0.717) is 10.1 Å². The molecule has 0 spiro atoms. The predicted molar refractivity (Wildman–Crippen MR) is 113 cm³/mol. The van der Waals surface area contributed by atoms with Gasteiger partial charge in [0.15, 0.2) is 5.11 Å². The molecule has 0 bridgehead atoms.